The van der Waals surface area contributed by atoms with Gasteiger partial charge in [0, 0.05) is 12.7 Å². The Morgan fingerprint density at radius 1 is 1.00 bits per heavy atom. The summed E-state index contributed by atoms with van der Waals surface area (Å²) in [5.74, 6) is 0. The lowest BCUT2D eigenvalue weighted by atomic mass is 9.94. The predicted molar refractivity (Wildman–Crippen MR) is 80.5 cm³/mol. The number of nitrogens with zero attached hydrogens (tertiary/aromatic N) is 1. The summed E-state index contributed by atoms with van der Waals surface area (Å²) in [7, 11) is 2.00. The van der Waals surface area contributed by atoms with Crippen molar-refractivity contribution in [3.05, 3.63) is 65.7 Å². The lowest BCUT2D eigenvalue weighted by molar-refractivity contribution is 0.0656. The van der Waals surface area contributed by atoms with Crippen LogP contribution in [0.5, 0.6) is 0 Å². The highest BCUT2D eigenvalue weighted by molar-refractivity contribution is 5.46. The highest BCUT2D eigenvalue weighted by Crippen LogP contribution is 2.24. The molecule has 1 unspecified atom stereocenters. The minimum Gasteiger partial charge on any atom is -0.384 e. The minimum absolute atomic E-state index is 0.556. The molecule has 2 rings (SSSR count). The lowest BCUT2D eigenvalue weighted by Crippen LogP contribution is -2.36. The maximum absolute atomic E-state index is 10.7. The molecule has 0 fully saturated rings. The average molecular weight is 255 g/mol. The van der Waals surface area contributed by atoms with Crippen molar-refractivity contribution in [1.29, 1.82) is 0 Å². The fourth-order valence-electron chi connectivity index (χ4n) is 2.24. The molecule has 2 aromatic carbocycles. The molecular formula is C17H21NO. The molecule has 0 saturated carbocycles. The molecule has 1 N–H and O–H groups in total. The Bertz CT molecular complexity index is 517. The Morgan fingerprint density at radius 3 is 2.16 bits per heavy atom. The van der Waals surface area contributed by atoms with Crippen LogP contribution >= 0.6 is 0 Å². The summed E-state index contributed by atoms with van der Waals surface area (Å²) < 4.78 is 0. The third kappa shape index (κ3) is 3.36. The zero-order chi connectivity index (χ0) is 13.9. The van der Waals surface area contributed by atoms with Gasteiger partial charge in [0.05, 0.1) is 6.54 Å². The summed E-state index contributed by atoms with van der Waals surface area (Å²) in [6.45, 7) is 4.46. The zero-order valence-electron chi connectivity index (χ0n) is 11.8. The molecule has 2 aromatic rings. The van der Waals surface area contributed by atoms with Gasteiger partial charge >= 0.3 is 0 Å². The second kappa shape index (κ2) is 5.45. The first-order valence-corrected chi connectivity index (χ1v) is 6.55. The first-order valence-electron chi connectivity index (χ1n) is 6.55. The van der Waals surface area contributed by atoms with Crippen molar-refractivity contribution in [2.75, 3.05) is 18.5 Å². The van der Waals surface area contributed by atoms with Crippen LogP contribution in [0, 0.1) is 6.92 Å². The fraction of sp³-hybridized carbons (Fsp3) is 0.294. The number of aliphatic hydroxyl groups is 1. The van der Waals surface area contributed by atoms with E-state index in [0.717, 1.165) is 11.3 Å². The van der Waals surface area contributed by atoms with Crippen molar-refractivity contribution >= 4 is 5.69 Å². The van der Waals surface area contributed by atoms with E-state index in [9.17, 15) is 5.11 Å². The molecule has 19 heavy (non-hydrogen) atoms. The van der Waals surface area contributed by atoms with E-state index in [4.69, 9.17) is 0 Å². The number of anilines is 1. The standard InChI is InChI=1S/C17H21NO/c1-14-9-11-15(12-10-14)17(2,19)13-18(3)16-7-5-4-6-8-16/h4-12,19H,13H2,1-3H3. The summed E-state index contributed by atoms with van der Waals surface area (Å²) in [5, 5.41) is 10.7. The molecule has 2 nitrogen and oxygen atoms in total. The van der Waals surface area contributed by atoms with Crippen molar-refractivity contribution in [2.24, 2.45) is 0 Å². The molecule has 0 aliphatic rings. The molecule has 0 heterocycles. The van der Waals surface area contributed by atoms with Crippen LogP contribution in [-0.4, -0.2) is 18.7 Å². The third-order valence-electron chi connectivity index (χ3n) is 3.42. The molecule has 100 valence electrons. The van der Waals surface area contributed by atoms with E-state index in [-0.39, 0.29) is 0 Å². The Hall–Kier alpha value is -1.80. The van der Waals surface area contributed by atoms with Gasteiger partial charge in [-0.1, -0.05) is 48.0 Å². The third-order valence-corrected chi connectivity index (χ3v) is 3.42. The van der Waals surface area contributed by atoms with Crippen molar-refractivity contribution in [3.63, 3.8) is 0 Å². The number of likely N-dealkylation sites (N-methyl/N-ethyl adjacent to an activating group) is 1. The molecule has 0 bridgehead atoms. The molecule has 0 aliphatic heterocycles. The number of hydrogen-bond donors (Lipinski definition) is 1. The van der Waals surface area contributed by atoms with Gasteiger partial charge in [-0.05, 0) is 31.5 Å². The first kappa shape index (κ1) is 13.6. The van der Waals surface area contributed by atoms with E-state index in [2.05, 4.69) is 11.8 Å². The van der Waals surface area contributed by atoms with Crippen LogP contribution in [0.2, 0.25) is 0 Å². The van der Waals surface area contributed by atoms with Gasteiger partial charge in [-0.25, -0.2) is 0 Å². The van der Waals surface area contributed by atoms with E-state index >= 15 is 0 Å². The number of aryl methyl sites for hydroxylation is 1. The summed E-state index contributed by atoms with van der Waals surface area (Å²) in [5.41, 5.74) is 2.39. The molecule has 0 spiro atoms. The van der Waals surface area contributed by atoms with Gasteiger partial charge in [-0.15, -0.1) is 0 Å². The second-order valence-electron chi connectivity index (χ2n) is 5.33. The van der Waals surface area contributed by atoms with Crippen molar-refractivity contribution in [1.82, 2.24) is 0 Å². The van der Waals surface area contributed by atoms with Crippen molar-refractivity contribution < 1.29 is 5.11 Å². The summed E-state index contributed by atoms with van der Waals surface area (Å²) in [6.07, 6.45) is 0. The molecule has 0 amide bonds. The van der Waals surface area contributed by atoms with Gasteiger partial charge in [0.25, 0.3) is 0 Å². The predicted octanol–water partition coefficient (Wildman–Crippen LogP) is 3.34. The lowest BCUT2D eigenvalue weighted by Gasteiger charge is -2.31. The van der Waals surface area contributed by atoms with E-state index < -0.39 is 5.60 Å². The van der Waals surface area contributed by atoms with Crippen LogP contribution in [0.4, 0.5) is 5.69 Å². The van der Waals surface area contributed by atoms with Crippen LogP contribution in [-0.2, 0) is 5.60 Å². The Labute approximate surface area is 115 Å². The molecule has 2 heteroatoms. The number of benzene rings is 2. The SMILES string of the molecule is Cc1ccc(C(C)(O)CN(C)c2ccccc2)cc1. The monoisotopic (exact) mass is 255 g/mol. The smallest absolute Gasteiger partial charge is 0.104 e. The fourth-order valence-corrected chi connectivity index (χ4v) is 2.24. The summed E-state index contributed by atoms with van der Waals surface area (Å²) >= 11 is 0. The highest BCUT2D eigenvalue weighted by atomic mass is 16.3. The van der Waals surface area contributed by atoms with Crippen LogP contribution in [0.25, 0.3) is 0 Å². The maximum atomic E-state index is 10.7. The molecule has 0 radical (unpaired) electrons. The molecule has 0 aliphatic carbocycles. The van der Waals surface area contributed by atoms with Crippen LogP contribution in [0.1, 0.15) is 18.1 Å². The van der Waals surface area contributed by atoms with E-state index in [1.54, 1.807) is 0 Å². The van der Waals surface area contributed by atoms with E-state index in [1.807, 2.05) is 68.6 Å². The topological polar surface area (TPSA) is 23.5 Å². The Balaban J connectivity index is 2.15. The number of rotatable bonds is 4. The molecule has 1 atom stereocenters. The first-order chi connectivity index (χ1) is 8.99. The van der Waals surface area contributed by atoms with E-state index in [1.165, 1.54) is 5.56 Å². The minimum atomic E-state index is -0.863. The van der Waals surface area contributed by atoms with Crippen LogP contribution in [0.15, 0.2) is 54.6 Å². The van der Waals surface area contributed by atoms with Crippen LogP contribution < -0.4 is 4.90 Å². The second-order valence-corrected chi connectivity index (χ2v) is 5.33. The van der Waals surface area contributed by atoms with Gasteiger partial charge in [0.15, 0.2) is 0 Å². The average Bonchev–Trinajstić information content (AvgIpc) is 2.40. The molecular weight excluding hydrogens is 234 g/mol. The molecule has 0 aromatic heterocycles. The normalized spacial score (nSPS) is 13.9. The maximum Gasteiger partial charge on any atom is 0.104 e. The van der Waals surface area contributed by atoms with Gasteiger partial charge in [-0.2, -0.15) is 0 Å². The summed E-state index contributed by atoms with van der Waals surface area (Å²) in [4.78, 5) is 2.07. The summed E-state index contributed by atoms with van der Waals surface area (Å²) in [6, 6.07) is 18.2. The van der Waals surface area contributed by atoms with Gasteiger partial charge in [0.1, 0.15) is 5.60 Å². The van der Waals surface area contributed by atoms with Gasteiger partial charge in [-0.3, -0.25) is 0 Å². The van der Waals surface area contributed by atoms with Crippen molar-refractivity contribution in [2.45, 2.75) is 19.4 Å². The van der Waals surface area contributed by atoms with Gasteiger partial charge in [0.2, 0.25) is 0 Å². The highest BCUT2D eigenvalue weighted by Gasteiger charge is 2.24. The Morgan fingerprint density at radius 2 is 1.58 bits per heavy atom. The van der Waals surface area contributed by atoms with Gasteiger partial charge < -0.3 is 10.0 Å². The Kier molecular flexibility index (Phi) is 3.91. The van der Waals surface area contributed by atoms with Crippen LogP contribution in [0.3, 0.4) is 0 Å². The number of para-hydroxylation sites is 1. The number of hydrogen-bond acceptors (Lipinski definition) is 2. The largest absolute Gasteiger partial charge is 0.384 e. The molecule has 0 saturated heterocycles. The van der Waals surface area contributed by atoms with E-state index in [0.29, 0.717) is 6.54 Å². The quantitative estimate of drug-likeness (QED) is 0.905. The zero-order valence-corrected chi connectivity index (χ0v) is 11.8. The van der Waals surface area contributed by atoms with Crippen molar-refractivity contribution in [3.8, 4) is 0 Å².